The maximum Gasteiger partial charge on any atom is 0.407 e. The number of carbonyl (C=O) groups is 2. The number of aryl methyl sites for hydroxylation is 1. The average molecular weight is 469 g/mol. The molecule has 4 rings (SSSR count). The first kappa shape index (κ1) is 21.8. The van der Waals surface area contributed by atoms with E-state index in [1.807, 2.05) is 17.5 Å². The van der Waals surface area contributed by atoms with Crippen LogP contribution in [-0.4, -0.2) is 23.3 Å². The molecule has 3 aromatic heterocycles. The Kier molecular flexibility index (Phi) is 6.68. The summed E-state index contributed by atoms with van der Waals surface area (Å²) >= 11 is 2.90. The molecule has 0 radical (unpaired) electrons. The topological polar surface area (TPSA) is 117 Å². The molecule has 0 aliphatic heterocycles. The monoisotopic (exact) mass is 468 g/mol. The number of ether oxygens (including phenoxy) is 1. The Balaban J connectivity index is 1.36. The Hall–Kier alpha value is -3.42. The van der Waals surface area contributed by atoms with Gasteiger partial charge in [0.2, 0.25) is 5.91 Å². The Labute approximate surface area is 192 Å². The number of fused-ring (bicyclic) bond motifs is 1. The first-order valence-corrected chi connectivity index (χ1v) is 11.6. The fourth-order valence-electron chi connectivity index (χ4n) is 3.41. The second-order valence-electron chi connectivity index (χ2n) is 7.19. The lowest BCUT2D eigenvalue weighted by atomic mass is 9.94. The summed E-state index contributed by atoms with van der Waals surface area (Å²) in [4.78, 5) is 26.4. The number of amides is 2. The lowest BCUT2D eigenvalue weighted by Crippen LogP contribution is -2.31. The van der Waals surface area contributed by atoms with Crippen LogP contribution >= 0.6 is 22.7 Å². The van der Waals surface area contributed by atoms with E-state index in [2.05, 4.69) is 21.9 Å². The Morgan fingerprint density at radius 1 is 1.47 bits per heavy atom. The Morgan fingerprint density at radius 2 is 2.34 bits per heavy atom. The quantitative estimate of drug-likeness (QED) is 0.518. The Bertz CT molecular complexity index is 1190. The molecule has 0 aromatic carbocycles. The minimum Gasteiger partial charge on any atom is -0.446 e. The van der Waals surface area contributed by atoms with Gasteiger partial charge in [-0.1, -0.05) is 11.2 Å². The van der Waals surface area contributed by atoms with Gasteiger partial charge in [0.1, 0.15) is 22.9 Å². The molecule has 10 heteroatoms. The number of nitrogens with zero attached hydrogens (tertiary/aromatic N) is 2. The number of alkyl carbamates (subject to hydrolysis) is 1. The van der Waals surface area contributed by atoms with Crippen molar-refractivity contribution >= 4 is 45.8 Å². The van der Waals surface area contributed by atoms with Gasteiger partial charge in [0.05, 0.1) is 18.3 Å². The van der Waals surface area contributed by atoms with Crippen LogP contribution in [0.25, 0.3) is 6.08 Å². The molecule has 3 aromatic rings. The third-order valence-electron chi connectivity index (χ3n) is 5.06. The van der Waals surface area contributed by atoms with E-state index in [1.54, 1.807) is 19.2 Å². The van der Waals surface area contributed by atoms with Crippen LogP contribution < -0.4 is 10.6 Å². The number of aromatic nitrogens is 1. The van der Waals surface area contributed by atoms with Gasteiger partial charge in [-0.2, -0.15) is 5.26 Å². The summed E-state index contributed by atoms with van der Waals surface area (Å²) in [6.07, 6.45) is 5.69. The number of rotatable bonds is 6. The molecule has 2 N–H and O–H groups in total. The van der Waals surface area contributed by atoms with Crippen LogP contribution in [0.2, 0.25) is 0 Å². The minimum absolute atomic E-state index is 0.277. The highest BCUT2D eigenvalue weighted by Gasteiger charge is 2.28. The average Bonchev–Trinajstić information content (AvgIpc) is 3.50. The largest absolute Gasteiger partial charge is 0.446 e. The molecule has 2 amide bonds. The summed E-state index contributed by atoms with van der Waals surface area (Å²) in [5, 5.41) is 21.3. The summed E-state index contributed by atoms with van der Waals surface area (Å²) in [5.41, 5.74) is 2.21. The van der Waals surface area contributed by atoms with Crippen molar-refractivity contribution < 1.29 is 18.8 Å². The third-order valence-corrected chi connectivity index (χ3v) is 7.07. The zero-order valence-corrected chi connectivity index (χ0v) is 18.8. The molecule has 32 heavy (non-hydrogen) atoms. The normalized spacial score (nSPS) is 15.2. The summed E-state index contributed by atoms with van der Waals surface area (Å²) in [7, 11) is 0. The summed E-state index contributed by atoms with van der Waals surface area (Å²) in [5.74, 6) is 0.361. The lowest BCUT2D eigenvalue weighted by molar-refractivity contribution is -0.111. The van der Waals surface area contributed by atoms with Crippen molar-refractivity contribution in [2.75, 3.05) is 5.32 Å². The summed E-state index contributed by atoms with van der Waals surface area (Å²) < 4.78 is 10.5. The number of hydrogen-bond acceptors (Lipinski definition) is 8. The van der Waals surface area contributed by atoms with Gasteiger partial charge >= 0.3 is 6.09 Å². The zero-order chi connectivity index (χ0) is 22.5. The van der Waals surface area contributed by atoms with Crippen LogP contribution in [0.15, 0.2) is 34.3 Å². The molecule has 3 heterocycles. The molecule has 0 saturated heterocycles. The van der Waals surface area contributed by atoms with Gasteiger partial charge in [0, 0.05) is 27.8 Å². The van der Waals surface area contributed by atoms with Crippen molar-refractivity contribution in [1.82, 2.24) is 10.5 Å². The second kappa shape index (κ2) is 9.80. The molecular weight excluding hydrogens is 448 g/mol. The van der Waals surface area contributed by atoms with Crippen molar-refractivity contribution in [3.8, 4) is 6.07 Å². The van der Waals surface area contributed by atoms with Gasteiger partial charge in [0.15, 0.2) is 0 Å². The van der Waals surface area contributed by atoms with Crippen molar-refractivity contribution in [1.29, 1.82) is 5.26 Å². The van der Waals surface area contributed by atoms with Crippen molar-refractivity contribution in [3.05, 3.63) is 62.0 Å². The van der Waals surface area contributed by atoms with E-state index in [0.717, 1.165) is 20.9 Å². The van der Waals surface area contributed by atoms with E-state index >= 15 is 0 Å². The van der Waals surface area contributed by atoms with E-state index in [-0.39, 0.29) is 18.6 Å². The Morgan fingerprint density at radius 3 is 3.06 bits per heavy atom. The first-order chi connectivity index (χ1) is 15.5. The minimum atomic E-state index is -0.511. The standard InChI is InChI=1S/C22H20N4O4S2/c1-13-14(12-25-30-13)11-24-22(28)29-15-4-6-17-18(10-23)21(32-19(17)9-15)26-20(27)7-5-16-3-2-8-31-16/h2-3,5,7-8,12,15H,4,6,9,11H2,1H3,(H,24,28)(H,26,27). The maximum absolute atomic E-state index is 12.3. The zero-order valence-electron chi connectivity index (χ0n) is 17.2. The van der Waals surface area contributed by atoms with Gasteiger partial charge in [-0.25, -0.2) is 4.79 Å². The number of thiophene rings is 2. The summed E-state index contributed by atoms with van der Waals surface area (Å²) in [6.45, 7) is 2.05. The van der Waals surface area contributed by atoms with Gasteiger partial charge in [-0.05, 0) is 42.9 Å². The molecule has 8 nitrogen and oxygen atoms in total. The van der Waals surface area contributed by atoms with Crippen molar-refractivity contribution in [3.63, 3.8) is 0 Å². The van der Waals surface area contributed by atoms with Crippen LogP contribution in [0.3, 0.4) is 0 Å². The van der Waals surface area contributed by atoms with Crippen LogP contribution in [0.4, 0.5) is 9.80 Å². The number of carbonyl (C=O) groups excluding carboxylic acids is 2. The van der Waals surface area contributed by atoms with Crippen LogP contribution in [0.1, 0.15) is 38.6 Å². The fourth-order valence-corrected chi connectivity index (χ4v) is 5.29. The van der Waals surface area contributed by atoms with Crippen molar-refractivity contribution in [2.24, 2.45) is 0 Å². The third kappa shape index (κ3) is 5.07. The predicted molar refractivity (Wildman–Crippen MR) is 121 cm³/mol. The van der Waals surface area contributed by atoms with Gasteiger partial charge in [0.25, 0.3) is 0 Å². The molecule has 0 saturated carbocycles. The SMILES string of the molecule is Cc1oncc1CNC(=O)OC1CCc2c(sc(NC(=O)C=Cc3cccs3)c2C#N)C1. The van der Waals surface area contributed by atoms with E-state index in [1.165, 1.54) is 28.7 Å². The molecule has 1 aliphatic rings. The smallest absolute Gasteiger partial charge is 0.407 e. The van der Waals surface area contributed by atoms with Crippen LogP contribution in [0.5, 0.6) is 0 Å². The number of hydrogen-bond donors (Lipinski definition) is 2. The highest BCUT2D eigenvalue weighted by atomic mass is 32.1. The number of anilines is 1. The van der Waals surface area contributed by atoms with Gasteiger partial charge in [-0.15, -0.1) is 22.7 Å². The van der Waals surface area contributed by atoms with E-state index < -0.39 is 6.09 Å². The molecule has 164 valence electrons. The van der Waals surface area contributed by atoms with Crippen molar-refractivity contribution in [2.45, 2.75) is 38.8 Å². The second-order valence-corrected chi connectivity index (χ2v) is 9.27. The maximum atomic E-state index is 12.3. The highest BCUT2D eigenvalue weighted by molar-refractivity contribution is 7.16. The van der Waals surface area contributed by atoms with E-state index in [0.29, 0.717) is 35.6 Å². The molecule has 0 spiro atoms. The predicted octanol–water partition coefficient (Wildman–Crippen LogP) is 4.41. The molecular formula is C22H20N4O4S2. The number of nitriles is 1. The van der Waals surface area contributed by atoms with Crippen LogP contribution in [0, 0.1) is 18.3 Å². The molecule has 1 aliphatic carbocycles. The first-order valence-electron chi connectivity index (χ1n) is 9.95. The number of nitrogens with one attached hydrogen (secondary N) is 2. The molecule has 1 unspecified atom stereocenters. The van der Waals surface area contributed by atoms with E-state index in [9.17, 15) is 14.9 Å². The molecule has 0 bridgehead atoms. The lowest BCUT2D eigenvalue weighted by Gasteiger charge is -2.22. The van der Waals surface area contributed by atoms with Gasteiger partial charge < -0.3 is 19.9 Å². The van der Waals surface area contributed by atoms with Gasteiger partial charge in [-0.3, -0.25) is 4.79 Å². The fraction of sp³-hybridized carbons (Fsp3) is 0.273. The van der Waals surface area contributed by atoms with E-state index in [4.69, 9.17) is 9.26 Å². The molecule has 0 fully saturated rings. The molecule has 1 atom stereocenters. The highest BCUT2D eigenvalue weighted by Crippen LogP contribution is 2.38. The van der Waals surface area contributed by atoms with Crippen LogP contribution in [-0.2, 0) is 28.9 Å². The summed E-state index contributed by atoms with van der Waals surface area (Å²) in [6, 6.07) is 6.05.